The predicted molar refractivity (Wildman–Crippen MR) is 252 cm³/mol. The molecule has 0 fully saturated rings. The van der Waals surface area contributed by atoms with Crippen LogP contribution in [0.2, 0.25) is 10.0 Å². The SMILES string of the molecule is Cc1nn(-c2cccc(Cl)c2)c(=O)[c-]1N=Nc1cc(C(=O)c2ccccc2C(=O)O)ccc1O.Cc1nn(-c2cccc(Cl)c2)c(=O)[c-]1N=Nc1cc(C(=O)c2ccccc2C(=O)O)ccc1O.[Cr].[H+].[H+].[H+]. The Hall–Kier alpha value is -8.47. The summed E-state index contributed by atoms with van der Waals surface area (Å²) in [6.45, 7) is 3.17. The molecule has 2 heterocycles. The molecule has 6 aromatic carbocycles. The van der Waals surface area contributed by atoms with Crippen LogP contribution < -0.4 is 11.1 Å². The normalized spacial score (nSPS) is 11.0. The third-order valence-electron chi connectivity index (χ3n) is 9.88. The fourth-order valence-electron chi connectivity index (χ4n) is 6.54. The van der Waals surface area contributed by atoms with E-state index in [1.807, 2.05) is 0 Å². The molecule has 346 valence electrons. The van der Waals surface area contributed by atoms with Gasteiger partial charge in [-0.15, -0.1) is 11.4 Å². The van der Waals surface area contributed by atoms with Gasteiger partial charge in [-0.25, -0.2) is 29.2 Å². The van der Waals surface area contributed by atoms with E-state index in [1.54, 1.807) is 74.5 Å². The van der Waals surface area contributed by atoms with E-state index < -0.39 is 34.6 Å². The number of halogens is 2. The number of rotatable bonds is 12. The van der Waals surface area contributed by atoms with Crippen molar-refractivity contribution >= 4 is 69.5 Å². The Labute approximate surface area is 414 Å². The number of carboxylic acid groups (broad SMARTS) is 2. The van der Waals surface area contributed by atoms with Crippen molar-refractivity contribution in [2.75, 3.05) is 0 Å². The van der Waals surface area contributed by atoms with Crippen LogP contribution in [0.15, 0.2) is 164 Å². The number of benzene rings is 6. The van der Waals surface area contributed by atoms with Gasteiger partial charge in [-0.3, -0.25) is 9.59 Å². The summed E-state index contributed by atoms with van der Waals surface area (Å²) in [5.74, 6) is -4.17. The number of aromatic nitrogens is 4. The number of hydrogen-bond donors (Lipinski definition) is 4. The van der Waals surface area contributed by atoms with Gasteiger partial charge in [-0.1, -0.05) is 97.0 Å². The Balaban J connectivity index is 0.000000360. The summed E-state index contributed by atoms with van der Waals surface area (Å²) in [5, 5.41) is 64.1. The number of hydrogen-bond acceptors (Lipinski definition) is 14. The third kappa shape index (κ3) is 11.1. The molecule has 0 aliphatic carbocycles. The average molecular weight is 1010 g/mol. The van der Waals surface area contributed by atoms with Gasteiger partial charge in [0.15, 0.2) is 11.6 Å². The van der Waals surface area contributed by atoms with Crippen LogP contribution in [0.4, 0.5) is 22.7 Å². The summed E-state index contributed by atoms with van der Waals surface area (Å²) < 4.78 is 2.27. The van der Waals surface area contributed by atoms with Crippen LogP contribution >= 0.6 is 23.2 Å². The van der Waals surface area contributed by atoms with Crippen molar-refractivity contribution in [1.82, 2.24) is 19.6 Å². The summed E-state index contributed by atoms with van der Waals surface area (Å²) >= 11 is 12.0. The fraction of sp³-hybridized carbons (Fsp3) is 0.0417. The number of azo groups is 2. The molecule has 8 aromatic rings. The van der Waals surface area contributed by atoms with E-state index in [-0.39, 0.29) is 89.3 Å². The molecule has 0 spiro atoms. The van der Waals surface area contributed by atoms with Crippen LogP contribution in [0.1, 0.15) is 68.2 Å². The van der Waals surface area contributed by atoms with Crippen LogP contribution in [0.3, 0.4) is 0 Å². The number of phenolic OH excluding ortho intramolecular Hbond substituents is 2. The molecule has 0 unspecified atom stereocenters. The number of phenols is 2. The van der Waals surface area contributed by atoms with Crippen LogP contribution in [0.5, 0.6) is 11.5 Å². The Kier molecular flexibility index (Phi) is 15.5. The first-order valence-electron chi connectivity index (χ1n) is 19.8. The zero-order valence-electron chi connectivity index (χ0n) is 38.7. The average Bonchev–Trinajstić information content (AvgIpc) is 3.78. The molecule has 8 rings (SSSR count). The number of carboxylic acids is 2. The molecule has 0 saturated heterocycles. The zero-order chi connectivity index (χ0) is 48.8. The fourth-order valence-corrected chi connectivity index (χ4v) is 6.90. The number of ketones is 2. The summed E-state index contributed by atoms with van der Waals surface area (Å²) in [4.78, 5) is 74.3. The van der Waals surface area contributed by atoms with Gasteiger partial charge in [0.2, 0.25) is 0 Å². The Morgan fingerprint density at radius 3 is 1.25 bits per heavy atom. The minimum Gasteiger partial charge on any atom is -0.506 e. The van der Waals surface area contributed by atoms with Crippen molar-refractivity contribution in [3.05, 3.63) is 209 Å². The summed E-state index contributed by atoms with van der Waals surface area (Å²) in [7, 11) is 0. The van der Waals surface area contributed by atoms with Gasteiger partial charge in [-0.05, 0) is 84.9 Å². The van der Waals surface area contributed by atoms with Crippen molar-refractivity contribution < 1.29 is 61.2 Å². The molecule has 0 amide bonds. The maximum Gasteiger partial charge on any atom is 1.00 e. The van der Waals surface area contributed by atoms with Crippen molar-refractivity contribution in [3.63, 3.8) is 0 Å². The Morgan fingerprint density at radius 1 is 0.536 bits per heavy atom. The van der Waals surface area contributed by atoms with E-state index in [9.17, 15) is 49.2 Å². The zero-order valence-corrected chi connectivity index (χ0v) is 38.5. The number of aromatic hydroxyl groups is 2. The van der Waals surface area contributed by atoms with Gasteiger partial charge in [0.1, 0.15) is 34.0 Å². The Bertz CT molecular complexity index is 3290. The number of carbonyl (C=O) groups excluding carboxylic acids is 2. The van der Waals surface area contributed by atoms with Gasteiger partial charge >= 0.3 is 16.2 Å². The molecular weight excluding hydrogens is 971 g/mol. The van der Waals surface area contributed by atoms with Crippen molar-refractivity contribution in [1.29, 1.82) is 0 Å². The number of nitrogens with zero attached hydrogens (tertiary/aromatic N) is 8. The molecule has 18 nitrogen and oxygen atoms in total. The molecule has 4 N–H and O–H groups in total. The summed E-state index contributed by atoms with van der Waals surface area (Å²) in [6, 6.07) is 32.5. The first-order chi connectivity index (χ1) is 32.5. The van der Waals surface area contributed by atoms with Gasteiger partial charge in [0.05, 0.1) is 22.5 Å². The standard InChI is InChI=1S/2C24H16ClN4O5.Cr/c2*1-13-21(23(32)29(28-13)16-6-4-5-15(25)12-16)27-26-19-11-14(9-10-20(19)30)22(31)17-7-2-3-8-18(17)24(33)34;/h2*2-12,30H,1H3,(H,33,34);/q2*-1;/p+3. The van der Waals surface area contributed by atoms with E-state index in [4.69, 9.17) is 23.2 Å². The first kappa shape index (κ1) is 50.0. The van der Waals surface area contributed by atoms with Gasteiger partial charge < -0.3 is 40.2 Å². The molecule has 21 heteroatoms. The molecule has 0 aliphatic rings. The maximum atomic E-state index is 12.9. The summed E-state index contributed by atoms with van der Waals surface area (Å²) in [6.07, 6.45) is 0. The van der Waals surface area contributed by atoms with E-state index in [2.05, 4.69) is 30.7 Å². The van der Waals surface area contributed by atoms with Crippen LogP contribution in [0.25, 0.3) is 11.4 Å². The monoisotopic (exact) mass is 1010 g/mol. The van der Waals surface area contributed by atoms with Crippen molar-refractivity contribution in [3.8, 4) is 22.9 Å². The smallest absolute Gasteiger partial charge is 0.506 e. The molecule has 0 radical (unpaired) electrons. The number of aryl methyl sites for hydroxylation is 2. The van der Waals surface area contributed by atoms with Gasteiger partial charge in [-0.2, -0.15) is 10.2 Å². The molecular formula is C48H35Cl2CrN8O10+. The maximum absolute atomic E-state index is 12.9. The van der Waals surface area contributed by atoms with Crippen molar-refractivity contribution in [2.45, 2.75) is 13.8 Å². The topological polar surface area (TPSA) is 268 Å². The second kappa shape index (κ2) is 21.4. The number of carbonyl (C=O) groups is 4. The number of aromatic carboxylic acids is 2. The molecule has 0 atom stereocenters. The van der Waals surface area contributed by atoms with Crippen LogP contribution in [-0.4, -0.2) is 63.5 Å². The third-order valence-corrected chi connectivity index (χ3v) is 10.3. The largest absolute Gasteiger partial charge is 1.00 e. The summed E-state index contributed by atoms with van der Waals surface area (Å²) in [5.41, 5.74) is 0.0525. The van der Waals surface area contributed by atoms with E-state index in [0.717, 1.165) is 9.36 Å². The molecule has 0 saturated carbocycles. The van der Waals surface area contributed by atoms with Crippen molar-refractivity contribution in [2.24, 2.45) is 20.5 Å². The molecule has 69 heavy (non-hydrogen) atoms. The van der Waals surface area contributed by atoms with Gasteiger partial charge in [0.25, 0.3) is 0 Å². The molecule has 0 aliphatic heterocycles. The van der Waals surface area contributed by atoms with Gasteiger partial charge in [0, 0.05) is 49.7 Å². The first-order valence-corrected chi connectivity index (χ1v) is 20.6. The quantitative estimate of drug-likeness (QED) is 0.0506. The van der Waals surface area contributed by atoms with Crippen LogP contribution in [0, 0.1) is 13.8 Å². The van der Waals surface area contributed by atoms with E-state index in [1.165, 1.54) is 72.8 Å². The second-order valence-corrected chi connectivity index (χ2v) is 15.3. The molecule has 0 bridgehead atoms. The second-order valence-electron chi connectivity index (χ2n) is 14.4. The van der Waals surface area contributed by atoms with E-state index in [0.29, 0.717) is 32.8 Å². The van der Waals surface area contributed by atoms with E-state index >= 15 is 0 Å². The predicted octanol–water partition coefficient (Wildman–Crippen LogP) is 10.3. The van der Waals surface area contributed by atoms with Crippen LogP contribution in [-0.2, 0) is 17.4 Å². The minimum atomic E-state index is -1.24. The Morgan fingerprint density at radius 2 is 0.899 bits per heavy atom. The molecule has 2 aromatic heterocycles. The minimum absolute atomic E-state index is 0.